The minimum Gasteiger partial charge on any atom is -0.443 e. The molecule has 0 spiro atoms. The molecule has 1 rings (SSSR count). The lowest BCUT2D eigenvalue weighted by Crippen LogP contribution is -1.87. The van der Waals surface area contributed by atoms with E-state index in [1.54, 1.807) is 12.1 Å². The average molecular weight is 216 g/mol. The normalized spacial score (nSPS) is 10.3. The zero-order valence-corrected chi connectivity index (χ0v) is 7.15. The fraction of sp³-hybridized carbons (Fsp3) is 0. The fourth-order valence-electron chi connectivity index (χ4n) is 0.598. The van der Waals surface area contributed by atoms with Gasteiger partial charge in [0.25, 0.3) is 0 Å². The van der Waals surface area contributed by atoms with Crippen LogP contribution in [0.25, 0.3) is 0 Å². The largest absolute Gasteiger partial charge is 0.443 e. The van der Waals surface area contributed by atoms with E-state index in [1.165, 1.54) is 0 Å². The monoisotopic (exact) mass is 215 g/mol. The van der Waals surface area contributed by atoms with Crippen LogP contribution < -0.4 is 4.74 Å². The zero-order chi connectivity index (χ0) is 8.10. The first-order valence-electron chi connectivity index (χ1n) is 2.91. The van der Waals surface area contributed by atoms with Crippen LogP contribution in [-0.2, 0) is 0 Å². The van der Waals surface area contributed by atoms with Crippen LogP contribution in [0, 0.1) is 0 Å². The van der Waals surface area contributed by atoms with Gasteiger partial charge in [0.15, 0.2) is 0 Å². The Morgan fingerprint density at radius 3 is 2.55 bits per heavy atom. The number of oxime groups is 1. The molecule has 0 bridgehead atoms. The summed E-state index contributed by atoms with van der Waals surface area (Å²) in [5.41, 5.74) is 0. The van der Waals surface area contributed by atoms with Gasteiger partial charge in [-0.25, -0.2) is 0 Å². The van der Waals surface area contributed by atoms with E-state index in [0.717, 1.165) is 10.9 Å². The number of nitrogens with zero attached hydrogens (tertiary/aromatic N) is 1. The van der Waals surface area contributed by atoms with E-state index < -0.39 is 0 Å². The van der Waals surface area contributed by atoms with Gasteiger partial charge in [0, 0.05) is 4.47 Å². The van der Waals surface area contributed by atoms with Crippen molar-refractivity contribution in [2.45, 2.75) is 0 Å². The van der Waals surface area contributed by atoms with E-state index in [9.17, 15) is 0 Å². The molecule has 0 saturated heterocycles. The molecule has 3 nitrogen and oxygen atoms in total. The Morgan fingerprint density at radius 1 is 1.36 bits per heavy atom. The molecule has 0 radical (unpaired) electrons. The van der Waals surface area contributed by atoms with Crippen molar-refractivity contribution in [1.29, 1.82) is 0 Å². The number of halogens is 1. The maximum Gasteiger partial charge on any atom is 0.218 e. The second-order valence-electron chi connectivity index (χ2n) is 1.79. The highest BCUT2D eigenvalue weighted by Crippen LogP contribution is 2.15. The number of hydrogen-bond acceptors (Lipinski definition) is 3. The highest BCUT2D eigenvalue weighted by atomic mass is 79.9. The minimum absolute atomic E-state index is 0.631. The lowest BCUT2D eigenvalue weighted by atomic mass is 10.3. The van der Waals surface area contributed by atoms with E-state index in [-0.39, 0.29) is 0 Å². The lowest BCUT2D eigenvalue weighted by Gasteiger charge is -1.96. The first-order valence-corrected chi connectivity index (χ1v) is 3.70. The molecule has 11 heavy (non-hydrogen) atoms. The second kappa shape index (κ2) is 3.98. The molecule has 0 heterocycles. The third-order valence-corrected chi connectivity index (χ3v) is 1.58. The van der Waals surface area contributed by atoms with Crippen LogP contribution in [-0.4, -0.2) is 11.6 Å². The van der Waals surface area contributed by atoms with Gasteiger partial charge in [-0.15, -0.1) is 0 Å². The average Bonchev–Trinajstić information content (AvgIpc) is 2.04. The van der Waals surface area contributed by atoms with Gasteiger partial charge < -0.3 is 9.94 Å². The summed E-state index contributed by atoms with van der Waals surface area (Å²) in [5.74, 6) is 0.631. The van der Waals surface area contributed by atoms with Crippen LogP contribution in [0.3, 0.4) is 0 Å². The number of ether oxygens (including phenoxy) is 1. The predicted molar refractivity (Wildman–Crippen MR) is 45.0 cm³/mol. The van der Waals surface area contributed by atoms with E-state index in [4.69, 9.17) is 9.94 Å². The first kappa shape index (κ1) is 8.07. The summed E-state index contributed by atoms with van der Waals surface area (Å²) in [6.45, 7) is 0. The number of rotatable bonds is 2. The van der Waals surface area contributed by atoms with Crippen LogP contribution in [0.1, 0.15) is 0 Å². The fourth-order valence-corrected chi connectivity index (χ4v) is 0.862. The van der Waals surface area contributed by atoms with Crippen molar-refractivity contribution in [3.63, 3.8) is 0 Å². The topological polar surface area (TPSA) is 41.8 Å². The van der Waals surface area contributed by atoms with Gasteiger partial charge in [-0.1, -0.05) is 21.1 Å². The van der Waals surface area contributed by atoms with Crippen molar-refractivity contribution in [3.05, 3.63) is 28.7 Å². The highest BCUT2D eigenvalue weighted by Gasteiger charge is 1.89. The number of hydrogen-bond donors (Lipinski definition) is 1. The molecule has 1 N–H and O–H groups in total. The highest BCUT2D eigenvalue weighted by molar-refractivity contribution is 9.10. The van der Waals surface area contributed by atoms with Crippen LogP contribution in [0.5, 0.6) is 5.75 Å². The maximum absolute atomic E-state index is 8.02. The molecule has 0 aliphatic heterocycles. The van der Waals surface area contributed by atoms with Crippen molar-refractivity contribution in [2.75, 3.05) is 0 Å². The van der Waals surface area contributed by atoms with E-state index in [1.807, 2.05) is 12.1 Å². The summed E-state index contributed by atoms with van der Waals surface area (Å²) in [6, 6.07) is 7.18. The van der Waals surface area contributed by atoms with Crippen molar-refractivity contribution < 1.29 is 9.94 Å². The SMILES string of the molecule is ON=COc1ccc(Br)cc1. The summed E-state index contributed by atoms with van der Waals surface area (Å²) in [4.78, 5) is 0. The molecular formula is C7H6BrNO2. The molecule has 0 unspecified atom stereocenters. The summed E-state index contributed by atoms with van der Waals surface area (Å²) in [6.07, 6.45) is 0.962. The third-order valence-electron chi connectivity index (χ3n) is 1.05. The molecular weight excluding hydrogens is 210 g/mol. The van der Waals surface area contributed by atoms with Crippen molar-refractivity contribution >= 4 is 22.3 Å². The molecule has 0 saturated carbocycles. The molecule has 0 aromatic heterocycles. The first-order chi connectivity index (χ1) is 5.33. The van der Waals surface area contributed by atoms with E-state index in [2.05, 4.69) is 21.1 Å². The molecule has 0 aliphatic rings. The summed E-state index contributed by atoms with van der Waals surface area (Å²) >= 11 is 3.28. The van der Waals surface area contributed by atoms with Gasteiger partial charge in [-0.2, -0.15) is 0 Å². The molecule has 0 aliphatic carbocycles. The second-order valence-corrected chi connectivity index (χ2v) is 2.71. The summed E-state index contributed by atoms with van der Waals surface area (Å²) < 4.78 is 5.83. The lowest BCUT2D eigenvalue weighted by molar-refractivity contribution is 0.310. The standard InChI is InChI=1S/C7H6BrNO2/c8-6-1-3-7(4-2-6)11-5-9-10/h1-5,10H. The Hall–Kier alpha value is -1.03. The van der Waals surface area contributed by atoms with Gasteiger partial charge >= 0.3 is 0 Å². The molecule has 58 valence electrons. The number of benzene rings is 1. The van der Waals surface area contributed by atoms with Gasteiger partial charge in [0.05, 0.1) is 0 Å². The van der Waals surface area contributed by atoms with Crippen LogP contribution in [0.15, 0.2) is 33.9 Å². The van der Waals surface area contributed by atoms with Crippen molar-refractivity contribution in [3.8, 4) is 5.75 Å². The summed E-state index contributed by atoms with van der Waals surface area (Å²) in [5, 5.41) is 10.7. The Bertz CT molecular complexity index is 245. The Morgan fingerprint density at radius 2 is 2.00 bits per heavy atom. The quantitative estimate of drug-likeness (QED) is 0.356. The van der Waals surface area contributed by atoms with Crippen LogP contribution in [0.4, 0.5) is 0 Å². The van der Waals surface area contributed by atoms with Gasteiger partial charge in [0.2, 0.25) is 6.40 Å². The third kappa shape index (κ3) is 2.59. The molecule has 1 aromatic rings. The maximum atomic E-state index is 8.02. The van der Waals surface area contributed by atoms with E-state index >= 15 is 0 Å². The predicted octanol–water partition coefficient (Wildman–Crippen LogP) is 2.25. The van der Waals surface area contributed by atoms with Crippen molar-refractivity contribution in [1.82, 2.24) is 0 Å². The minimum atomic E-state index is 0.631. The summed E-state index contributed by atoms with van der Waals surface area (Å²) in [7, 11) is 0. The zero-order valence-electron chi connectivity index (χ0n) is 5.57. The van der Waals surface area contributed by atoms with Gasteiger partial charge in [-0.05, 0) is 24.3 Å². The molecule has 1 aromatic carbocycles. The van der Waals surface area contributed by atoms with E-state index in [0.29, 0.717) is 5.75 Å². The van der Waals surface area contributed by atoms with Crippen molar-refractivity contribution in [2.24, 2.45) is 5.16 Å². The van der Waals surface area contributed by atoms with Crippen LogP contribution >= 0.6 is 15.9 Å². The van der Waals surface area contributed by atoms with Gasteiger partial charge in [0.1, 0.15) is 5.75 Å². The molecule has 0 fully saturated rings. The van der Waals surface area contributed by atoms with Crippen LogP contribution in [0.2, 0.25) is 0 Å². The Labute approximate surface area is 72.4 Å². The Kier molecular flexibility index (Phi) is 2.92. The smallest absolute Gasteiger partial charge is 0.218 e. The molecule has 4 heteroatoms. The Balaban J connectivity index is 2.66. The molecule has 0 amide bonds. The van der Waals surface area contributed by atoms with Gasteiger partial charge in [-0.3, -0.25) is 0 Å². The molecule has 0 atom stereocenters.